The molecule has 3 heterocycles. The van der Waals surface area contributed by atoms with Crippen molar-refractivity contribution >= 4 is 50.6 Å². The van der Waals surface area contributed by atoms with Crippen LogP contribution in [0.2, 0.25) is 0 Å². The molecule has 0 saturated carbocycles. The van der Waals surface area contributed by atoms with E-state index in [1.54, 1.807) is 48.4 Å². The number of benzene rings is 2. The van der Waals surface area contributed by atoms with E-state index in [2.05, 4.69) is 20.0 Å². The van der Waals surface area contributed by atoms with Crippen LogP contribution in [0.25, 0.3) is 21.8 Å². The smallest absolute Gasteiger partial charge is 0.410 e. The van der Waals surface area contributed by atoms with Gasteiger partial charge in [-0.2, -0.15) is 12.7 Å². The monoisotopic (exact) mass is 742 g/mol. The molecule has 12 nitrogen and oxygen atoms in total. The fraction of sp³-hybridized carbons (Fsp3) is 0.429. The second-order valence-electron chi connectivity index (χ2n) is 14.1. The molecule has 2 aromatic carbocycles. The summed E-state index contributed by atoms with van der Waals surface area (Å²) in [6.07, 6.45) is 1.16. The molecule has 5 rings (SSSR count). The molecular formula is C35H44F2N8O4S2. The van der Waals surface area contributed by atoms with Crippen molar-refractivity contribution in [2.45, 2.75) is 59.5 Å². The average Bonchev–Trinajstić information content (AvgIpc) is 3.51. The van der Waals surface area contributed by atoms with E-state index in [1.807, 2.05) is 46.4 Å². The second kappa shape index (κ2) is 14.7. The molecule has 16 heteroatoms. The van der Waals surface area contributed by atoms with Crippen LogP contribution in [0.5, 0.6) is 0 Å². The fourth-order valence-corrected chi connectivity index (χ4v) is 7.19. The van der Waals surface area contributed by atoms with Crippen LogP contribution in [0, 0.1) is 11.6 Å². The van der Waals surface area contributed by atoms with Crippen LogP contribution >= 0.6 is 11.3 Å². The van der Waals surface area contributed by atoms with Crippen molar-refractivity contribution in [1.29, 1.82) is 0 Å². The summed E-state index contributed by atoms with van der Waals surface area (Å²) in [5, 5.41) is 3.79. The van der Waals surface area contributed by atoms with Gasteiger partial charge >= 0.3 is 16.3 Å². The molecule has 1 aliphatic heterocycles. The first-order valence-corrected chi connectivity index (χ1v) is 18.8. The highest BCUT2D eigenvalue weighted by atomic mass is 32.2. The Morgan fingerprint density at radius 3 is 2.35 bits per heavy atom. The number of carbonyl (C=O) groups excluding carboxylic acids is 1. The minimum absolute atomic E-state index is 0.105. The lowest BCUT2D eigenvalue weighted by atomic mass is 9.98. The maximum absolute atomic E-state index is 16.1. The van der Waals surface area contributed by atoms with E-state index < -0.39 is 27.4 Å². The number of nitrogens with one attached hydrogen (secondary N) is 2. The summed E-state index contributed by atoms with van der Waals surface area (Å²) >= 11 is 1.35. The van der Waals surface area contributed by atoms with Crippen LogP contribution in [0.1, 0.15) is 53.5 Å². The maximum Gasteiger partial charge on any atom is 0.410 e. The third kappa shape index (κ3) is 8.91. The van der Waals surface area contributed by atoms with Crippen molar-refractivity contribution < 1.29 is 26.7 Å². The Balaban J connectivity index is 1.39. The lowest BCUT2D eigenvalue weighted by Crippen LogP contribution is -2.50. The Morgan fingerprint density at radius 1 is 1.02 bits per heavy atom. The molecule has 1 saturated heterocycles. The zero-order valence-electron chi connectivity index (χ0n) is 30.0. The van der Waals surface area contributed by atoms with Gasteiger partial charge in [-0.1, -0.05) is 33.8 Å². The molecule has 1 fully saturated rings. The number of anilines is 4. The van der Waals surface area contributed by atoms with Gasteiger partial charge in [0.05, 0.1) is 32.6 Å². The van der Waals surface area contributed by atoms with Crippen molar-refractivity contribution in [3.8, 4) is 21.8 Å². The topological polar surface area (TPSA) is 133 Å². The molecule has 2 N–H and O–H groups in total. The zero-order chi connectivity index (χ0) is 37.3. The summed E-state index contributed by atoms with van der Waals surface area (Å²) in [4.78, 5) is 30.3. The van der Waals surface area contributed by atoms with Crippen molar-refractivity contribution in [2.75, 3.05) is 54.7 Å². The second-order valence-corrected chi connectivity index (χ2v) is 16.9. The number of amides is 1. The molecule has 0 aliphatic carbocycles. The van der Waals surface area contributed by atoms with Crippen molar-refractivity contribution in [2.24, 2.45) is 0 Å². The van der Waals surface area contributed by atoms with Gasteiger partial charge < -0.3 is 19.9 Å². The molecule has 1 amide bonds. The van der Waals surface area contributed by atoms with E-state index in [1.165, 1.54) is 30.5 Å². The average molecular weight is 743 g/mol. The molecule has 51 heavy (non-hydrogen) atoms. The Kier molecular flexibility index (Phi) is 10.9. The molecule has 0 bridgehead atoms. The van der Waals surface area contributed by atoms with E-state index in [4.69, 9.17) is 9.72 Å². The molecule has 1 aliphatic rings. The summed E-state index contributed by atoms with van der Waals surface area (Å²) in [5.41, 5.74) is 0.515. The normalized spacial score (nSPS) is 14.2. The minimum Gasteiger partial charge on any atom is -0.444 e. The Bertz CT molecular complexity index is 2000. The molecule has 274 valence electrons. The van der Waals surface area contributed by atoms with Crippen LogP contribution < -0.4 is 14.9 Å². The predicted octanol–water partition coefficient (Wildman–Crippen LogP) is 7.25. The van der Waals surface area contributed by atoms with E-state index in [0.717, 1.165) is 9.31 Å². The van der Waals surface area contributed by atoms with Gasteiger partial charge in [0.2, 0.25) is 5.95 Å². The summed E-state index contributed by atoms with van der Waals surface area (Å²) in [7, 11) is -2.57. The first kappa shape index (κ1) is 37.8. The first-order chi connectivity index (χ1) is 23.9. The van der Waals surface area contributed by atoms with E-state index in [0.29, 0.717) is 53.8 Å². The van der Waals surface area contributed by atoms with Gasteiger partial charge in [-0.25, -0.2) is 28.5 Å². The number of thiazole rings is 1. The molecule has 0 spiro atoms. The molecule has 2 aromatic heterocycles. The lowest BCUT2D eigenvalue weighted by Gasteiger charge is -2.36. The van der Waals surface area contributed by atoms with Crippen LogP contribution in [0.4, 0.5) is 36.6 Å². The number of aromatic nitrogens is 3. The van der Waals surface area contributed by atoms with E-state index in [9.17, 15) is 13.2 Å². The third-order valence-corrected chi connectivity index (χ3v) is 11.0. The SMILES string of the molecule is CCN(C)S(=O)(=O)Nc1cccc(-c2nc(C(C)(C)C)sc2-c2ccnc(Nc3ccc(N4CCN(C(=O)OC(C)(C)C)CC4)c(F)c3)n2)c1F. The Hall–Kier alpha value is -4.41. The highest BCUT2D eigenvalue weighted by molar-refractivity contribution is 7.90. The number of halogens is 2. The number of ether oxygens (including phenoxy) is 1. The minimum atomic E-state index is -3.98. The standard InChI is InChI=1S/C35H44F2N8O4S2/c1-9-43(8)51(47,48)42-25-12-10-11-23(28(25)37)29-30(50-31(41-29)34(2,3)4)26-15-16-38-32(40-26)39-22-13-14-27(24(36)21-22)44-17-19-45(20-18-44)33(46)49-35(5,6)7/h10-16,21,42H,9,17-20H2,1-8H3,(H,38,39,40). The molecule has 0 radical (unpaired) electrons. The Labute approximate surface area is 302 Å². The fourth-order valence-electron chi connectivity index (χ4n) is 5.15. The lowest BCUT2D eigenvalue weighted by molar-refractivity contribution is 0.0240. The summed E-state index contributed by atoms with van der Waals surface area (Å²) in [5.74, 6) is -1.03. The first-order valence-electron chi connectivity index (χ1n) is 16.5. The summed E-state index contributed by atoms with van der Waals surface area (Å²) in [6.45, 7) is 15.0. The van der Waals surface area contributed by atoms with Crippen LogP contribution in [0.15, 0.2) is 48.7 Å². The van der Waals surface area contributed by atoms with Crippen LogP contribution in [-0.4, -0.2) is 84.0 Å². The van der Waals surface area contributed by atoms with Gasteiger partial charge in [-0.05, 0) is 57.2 Å². The highest BCUT2D eigenvalue weighted by Crippen LogP contribution is 2.42. The number of hydrogen-bond acceptors (Lipinski definition) is 10. The predicted molar refractivity (Wildman–Crippen MR) is 198 cm³/mol. The van der Waals surface area contributed by atoms with Gasteiger partial charge in [0.25, 0.3) is 0 Å². The number of hydrogen-bond donors (Lipinski definition) is 2. The van der Waals surface area contributed by atoms with Crippen molar-refractivity contribution in [3.63, 3.8) is 0 Å². The van der Waals surface area contributed by atoms with Gasteiger partial charge in [-0.3, -0.25) is 4.72 Å². The number of carbonyl (C=O) groups is 1. The van der Waals surface area contributed by atoms with E-state index >= 15 is 8.78 Å². The van der Waals surface area contributed by atoms with Gasteiger partial charge in [0.15, 0.2) is 5.82 Å². The zero-order valence-corrected chi connectivity index (χ0v) is 31.7. The maximum atomic E-state index is 16.1. The summed E-state index contributed by atoms with van der Waals surface area (Å²) < 4.78 is 65.8. The van der Waals surface area contributed by atoms with Gasteiger partial charge in [-0.15, -0.1) is 11.3 Å². The van der Waals surface area contributed by atoms with Gasteiger partial charge in [0.1, 0.15) is 11.4 Å². The number of rotatable bonds is 9. The van der Waals surface area contributed by atoms with E-state index in [-0.39, 0.29) is 35.3 Å². The number of piperazine rings is 1. The van der Waals surface area contributed by atoms with Crippen molar-refractivity contribution in [3.05, 3.63) is 65.3 Å². The van der Waals surface area contributed by atoms with Crippen molar-refractivity contribution in [1.82, 2.24) is 24.2 Å². The highest BCUT2D eigenvalue weighted by Gasteiger charge is 2.29. The molecule has 0 unspecified atom stereocenters. The largest absolute Gasteiger partial charge is 0.444 e. The quantitative estimate of drug-likeness (QED) is 0.182. The molecular weight excluding hydrogens is 699 g/mol. The Morgan fingerprint density at radius 2 is 1.73 bits per heavy atom. The molecule has 4 aromatic rings. The molecule has 0 atom stereocenters. The van der Waals surface area contributed by atoms with Crippen LogP contribution in [0.3, 0.4) is 0 Å². The van der Waals surface area contributed by atoms with Crippen LogP contribution in [-0.2, 0) is 20.4 Å². The number of nitrogens with zero attached hydrogens (tertiary/aromatic N) is 6. The summed E-state index contributed by atoms with van der Waals surface area (Å²) in [6, 6.07) is 10.9. The van der Waals surface area contributed by atoms with Gasteiger partial charge in [0, 0.05) is 62.6 Å². The third-order valence-electron chi connectivity index (χ3n) is 7.98.